The van der Waals surface area contributed by atoms with E-state index in [1.54, 1.807) is 6.08 Å². The molecule has 3 heteroatoms. The molecule has 0 radical (unpaired) electrons. The Morgan fingerprint density at radius 2 is 2.24 bits per heavy atom. The fourth-order valence-electron chi connectivity index (χ4n) is 1.79. The van der Waals surface area contributed by atoms with E-state index in [1.807, 2.05) is 17.8 Å². The third-order valence-corrected chi connectivity index (χ3v) is 3.77. The van der Waals surface area contributed by atoms with Gasteiger partial charge in [0.05, 0.1) is 0 Å². The standard InChI is InChI=1S/C14H14O2S/c15-14(16)6-2-1-4-11-7-8-13-12(10-11)5-3-9-17-13/h1-2,4,6-8,10H,3,5,9H2,(H,15,16)/b4-1+,6-2+. The average Bonchev–Trinajstić information content (AvgIpc) is 2.34. The van der Waals surface area contributed by atoms with Crippen molar-refractivity contribution in [1.82, 2.24) is 0 Å². The molecular formula is C14H14O2S. The van der Waals surface area contributed by atoms with Gasteiger partial charge in [-0.2, -0.15) is 0 Å². The lowest BCUT2D eigenvalue weighted by Crippen LogP contribution is -1.98. The molecule has 1 heterocycles. The smallest absolute Gasteiger partial charge is 0.328 e. The number of aliphatic carboxylic acids is 1. The van der Waals surface area contributed by atoms with Crippen LogP contribution in [0.25, 0.3) is 6.08 Å². The fourth-order valence-corrected chi connectivity index (χ4v) is 2.81. The topological polar surface area (TPSA) is 37.3 Å². The number of benzene rings is 1. The molecule has 0 spiro atoms. The number of allylic oxidation sites excluding steroid dienone is 2. The molecule has 88 valence electrons. The Bertz CT molecular complexity index is 475. The highest BCUT2D eigenvalue weighted by atomic mass is 32.2. The van der Waals surface area contributed by atoms with Crippen LogP contribution in [0.3, 0.4) is 0 Å². The molecule has 0 aliphatic carbocycles. The van der Waals surface area contributed by atoms with E-state index in [0.29, 0.717) is 0 Å². The second-order valence-electron chi connectivity index (χ2n) is 3.88. The minimum atomic E-state index is -0.920. The van der Waals surface area contributed by atoms with E-state index in [4.69, 9.17) is 5.11 Å². The summed E-state index contributed by atoms with van der Waals surface area (Å²) in [6.07, 6.45) is 8.74. The van der Waals surface area contributed by atoms with Crippen LogP contribution in [-0.2, 0) is 11.2 Å². The average molecular weight is 246 g/mol. The quantitative estimate of drug-likeness (QED) is 0.656. The van der Waals surface area contributed by atoms with Gasteiger partial charge in [0, 0.05) is 11.0 Å². The molecule has 0 saturated heterocycles. The summed E-state index contributed by atoms with van der Waals surface area (Å²) in [6, 6.07) is 6.41. The molecule has 1 aromatic rings. The van der Waals surface area contributed by atoms with Crippen molar-refractivity contribution in [1.29, 1.82) is 0 Å². The van der Waals surface area contributed by atoms with Crippen LogP contribution < -0.4 is 0 Å². The molecule has 0 unspecified atom stereocenters. The van der Waals surface area contributed by atoms with Crippen molar-refractivity contribution in [3.63, 3.8) is 0 Å². The first-order valence-corrected chi connectivity index (χ1v) is 6.58. The Hall–Kier alpha value is -1.48. The number of fused-ring (bicyclic) bond motifs is 1. The molecule has 0 atom stereocenters. The normalized spacial score (nSPS) is 15.3. The number of carboxylic acids is 1. The van der Waals surface area contributed by atoms with E-state index in [-0.39, 0.29) is 0 Å². The van der Waals surface area contributed by atoms with Gasteiger partial charge in [-0.1, -0.05) is 30.4 Å². The molecule has 0 aromatic heterocycles. The van der Waals surface area contributed by atoms with Crippen LogP contribution in [0.2, 0.25) is 0 Å². The maximum Gasteiger partial charge on any atom is 0.328 e. The summed E-state index contributed by atoms with van der Waals surface area (Å²) in [5.41, 5.74) is 2.53. The zero-order valence-electron chi connectivity index (χ0n) is 9.43. The van der Waals surface area contributed by atoms with Crippen LogP contribution in [0, 0.1) is 0 Å². The van der Waals surface area contributed by atoms with Crippen molar-refractivity contribution in [3.05, 3.63) is 47.6 Å². The predicted molar refractivity (Wildman–Crippen MR) is 71.3 cm³/mol. The maximum absolute atomic E-state index is 10.3. The van der Waals surface area contributed by atoms with Crippen LogP contribution in [-0.4, -0.2) is 16.8 Å². The van der Waals surface area contributed by atoms with Crippen LogP contribution in [0.4, 0.5) is 0 Å². The van der Waals surface area contributed by atoms with Crippen molar-refractivity contribution in [2.75, 3.05) is 5.75 Å². The van der Waals surface area contributed by atoms with Crippen LogP contribution in [0.5, 0.6) is 0 Å². The van der Waals surface area contributed by atoms with Gasteiger partial charge in [-0.15, -0.1) is 11.8 Å². The number of aryl methyl sites for hydroxylation is 1. The van der Waals surface area contributed by atoms with Gasteiger partial charge in [0.25, 0.3) is 0 Å². The van der Waals surface area contributed by atoms with Gasteiger partial charge in [-0.3, -0.25) is 0 Å². The van der Waals surface area contributed by atoms with Gasteiger partial charge < -0.3 is 5.11 Å². The largest absolute Gasteiger partial charge is 0.478 e. The molecule has 0 saturated carbocycles. The Morgan fingerprint density at radius 3 is 3.06 bits per heavy atom. The van der Waals surface area contributed by atoms with Gasteiger partial charge in [0.2, 0.25) is 0 Å². The van der Waals surface area contributed by atoms with E-state index in [2.05, 4.69) is 18.2 Å². The SMILES string of the molecule is O=C(O)/C=C/C=C/c1ccc2c(c1)CCCS2. The molecule has 17 heavy (non-hydrogen) atoms. The molecule has 1 aliphatic rings. The first-order chi connectivity index (χ1) is 8.25. The van der Waals surface area contributed by atoms with E-state index in [0.717, 1.165) is 18.1 Å². The Morgan fingerprint density at radius 1 is 1.35 bits per heavy atom. The zero-order chi connectivity index (χ0) is 12.1. The van der Waals surface area contributed by atoms with Crippen LogP contribution >= 0.6 is 11.8 Å². The number of carbonyl (C=O) groups is 1. The van der Waals surface area contributed by atoms with E-state index in [9.17, 15) is 4.79 Å². The van der Waals surface area contributed by atoms with Gasteiger partial charge in [-0.25, -0.2) is 4.79 Å². The zero-order valence-corrected chi connectivity index (χ0v) is 10.2. The summed E-state index contributed by atoms with van der Waals surface area (Å²) < 4.78 is 0. The number of thioether (sulfide) groups is 1. The summed E-state index contributed by atoms with van der Waals surface area (Å²) in [5, 5.41) is 8.45. The van der Waals surface area contributed by atoms with E-state index in [1.165, 1.54) is 28.7 Å². The van der Waals surface area contributed by atoms with Crippen molar-refractivity contribution >= 4 is 23.8 Å². The third-order valence-electron chi connectivity index (χ3n) is 2.57. The molecule has 0 amide bonds. The Balaban J connectivity index is 2.09. The molecule has 1 aliphatic heterocycles. The van der Waals surface area contributed by atoms with Gasteiger partial charge in [0.1, 0.15) is 0 Å². The predicted octanol–water partition coefficient (Wildman–Crippen LogP) is 3.38. The number of hydrogen-bond donors (Lipinski definition) is 1. The third kappa shape index (κ3) is 3.49. The lowest BCUT2D eigenvalue weighted by Gasteiger charge is -2.15. The first-order valence-electron chi connectivity index (χ1n) is 5.59. The summed E-state index contributed by atoms with van der Waals surface area (Å²) in [4.78, 5) is 11.7. The van der Waals surface area contributed by atoms with Crippen LogP contribution in [0.15, 0.2) is 41.3 Å². The minimum absolute atomic E-state index is 0.920. The molecule has 2 nitrogen and oxygen atoms in total. The summed E-state index contributed by atoms with van der Waals surface area (Å²) >= 11 is 1.91. The molecule has 0 fully saturated rings. The van der Waals surface area contributed by atoms with Crippen molar-refractivity contribution in [3.8, 4) is 0 Å². The van der Waals surface area contributed by atoms with Gasteiger partial charge >= 0.3 is 5.97 Å². The minimum Gasteiger partial charge on any atom is -0.478 e. The highest BCUT2D eigenvalue weighted by Crippen LogP contribution is 2.30. The van der Waals surface area contributed by atoms with Crippen molar-refractivity contribution in [2.45, 2.75) is 17.7 Å². The molecule has 1 N–H and O–H groups in total. The van der Waals surface area contributed by atoms with Gasteiger partial charge in [0.15, 0.2) is 0 Å². The molecule has 1 aromatic carbocycles. The van der Waals surface area contributed by atoms with E-state index < -0.39 is 5.97 Å². The summed E-state index contributed by atoms with van der Waals surface area (Å²) in [5.74, 6) is 0.292. The summed E-state index contributed by atoms with van der Waals surface area (Å²) in [7, 11) is 0. The first kappa shape index (κ1) is 12.0. The molecule has 2 rings (SSSR count). The molecular weight excluding hydrogens is 232 g/mol. The van der Waals surface area contributed by atoms with Crippen molar-refractivity contribution < 1.29 is 9.90 Å². The Labute approximate surface area is 105 Å². The van der Waals surface area contributed by atoms with E-state index >= 15 is 0 Å². The van der Waals surface area contributed by atoms with Crippen molar-refractivity contribution in [2.24, 2.45) is 0 Å². The second-order valence-corrected chi connectivity index (χ2v) is 5.01. The fraction of sp³-hybridized carbons (Fsp3) is 0.214. The lowest BCUT2D eigenvalue weighted by molar-refractivity contribution is -0.131. The number of carboxylic acid groups (broad SMARTS) is 1. The number of rotatable bonds is 3. The highest BCUT2D eigenvalue weighted by Gasteiger charge is 2.08. The lowest BCUT2D eigenvalue weighted by atomic mass is 10.1. The summed E-state index contributed by atoms with van der Waals surface area (Å²) in [6.45, 7) is 0. The number of hydrogen-bond acceptors (Lipinski definition) is 2. The van der Waals surface area contributed by atoms with Crippen LogP contribution in [0.1, 0.15) is 17.5 Å². The Kier molecular flexibility index (Phi) is 4.04. The van der Waals surface area contributed by atoms with Gasteiger partial charge in [-0.05, 0) is 35.8 Å². The second kappa shape index (κ2) is 5.73. The highest BCUT2D eigenvalue weighted by molar-refractivity contribution is 7.99. The monoisotopic (exact) mass is 246 g/mol. The molecule has 0 bridgehead atoms. The maximum atomic E-state index is 10.3.